The fraction of sp³-hybridized carbons (Fsp3) is 0.129. The first-order chi connectivity index (χ1) is 17.5. The minimum atomic E-state index is -0.631. The zero-order chi connectivity index (χ0) is 27.3. The van der Waals surface area contributed by atoms with Crippen molar-refractivity contribution in [3.05, 3.63) is 103 Å². The minimum Gasteiger partial charge on any atom is -0.423 e. The molecule has 0 amide bonds. The van der Waals surface area contributed by atoms with Gasteiger partial charge in [0.2, 0.25) is 0 Å². The van der Waals surface area contributed by atoms with Gasteiger partial charge in [0.1, 0.15) is 5.75 Å². The van der Waals surface area contributed by atoms with Crippen molar-refractivity contribution in [2.75, 3.05) is 0 Å². The van der Waals surface area contributed by atoms with Crippen molar-refractivity contribution < 1.29 is 28.6 Å². The van der Waals surface area contributed by atoms with Gasteiger partial charge in [0.25, 0.3) is 0 Å². The van der Waals surface area contributed by atoms with Crippen LogP contribution in [0, 0.1) is 6.92 Å². The molecule has 3 rings (SSSR count). The van der Waals surface area contributed by atoms with Gasteiger partial charge in [0, 0.05) is 16.7 Å². The monoisotopic (exact) mass is 496 g/mol. The molecule has 37 heavy (non-hydrogen) atoms. The highest BCUT2D eigenvalue weighted by atomic mass is 16.6. The second kappa shape index (κ2) is 11.4. The molecule has 0 unspecified atom stereocenters. The molecule has 0 radical (unpaired) electrons. The van der Waals surface area contributed by atoms with Crippen LogP contribution in [0.25, 0.3) is 22.3 Å². The van der Waals surface area contributed by atoms with Crippen LogP contribution in [0.4, 0.5) is 0 Å². The van der Waals surface area contributed by atoms with Gasteiger partial charge >= 0.3 is 17.9 Å². The Morgan fingerprint density at radius 1 is 0.568 bits per heavy atom. The van der Waals surface area contributed by atoms with Gasteiger partial charge in [-0.25, -0.2) is 14.4 Å². The lowest BCUT2D eigenvalue weighted by molar-refractivity contribution is -0.132. The molecule has 0 aliphatic rings. The molecule has 0 aromatic heterocycles. The molecule has 6 nitrogen and oxygen atoms in total. The van der Waals surface area contributed by atoms with Crippen molar-refractivity contribution in [2.24, 2.45) is 0 Å². The molecular weight excluding hydrogens is 468 g/mol. The van der Waals surface area contributed by atoms with Crippen LogP contribution in [-0.4, -0.2) is 17.9 Å². The SMILES string of the molecule is C=C(C)C(=O)Oc1ccc(-c2ccc(-c3ccc(OC(=O)C(=C)C)c(OC(=O)C(=C)C)c3)cc2C)cc1. The van der Waals surface area contributed by atoms with Gasteiger partial charge in [0.15, 0.2) is 11.5 Å². The zero-order valence-electron chi connectivity index (χ0n) is 21.3. The van der Waals surface area contributed by atoms with Crippen molar-refractivity contribution in [1.29, 1.82) is 0 Å². The van der Waals surface area contributed by atoms with Crippen LogP contribution < -0.4 is 14.2 Å². The maximum Gasteiger partial charge on any atom is 0.338 e. The molecule has 0 spiro atoms. The molecule has 0 aliphatic heterocycles. The molecule has 188 valence electrons. The number of carbonyl (C=O) groups is 3. The lowest BCUT2D eigenvalue weighted by Crippen LogP contribution is -2.12. The van der Waals surface area contributed by atoms with E-state index in [2.05, 4.69) is 19.7 Å². The van der Waals surface area contributed by atoms with E-state index in [1.165, 1.54) is 13.8 Å². The Kier molecular flexibility index (Phi) is 8.25. The first kappa shape index (κ1) is 26.9. The van der Waals surface area contributed by atoms with E-state index in [0.29, 0.717) is 11.3 Å². The fourth-order valence-corrected chi connectivity index (χ4v) is 3.29. The molecule has 0 saturated carbocycles. The Bertz CT molecular complexity index is 1430. The Morgan fingerprint density at radius 3 is 1.57 bits per heavy atom. The quantitative estimate of drug-likeness (QED) is 0.194. The van der Waals surface area contributed by atoms with E-state index in [0.717, 1.165) is 27.8 Å². The molecule has 0 saturated heterocycles. The average molecular weight is 497 g/mol. The second-order valence-electron chi connectivity index (χ2n) is 8.73. The van der Waals surface area contributed by atoms with E-state index < -0.39 is 17.9 Å². The summed E-state index contributed by atoms with van der Waals surface area (Å²) in [5, 5.41) is 0. The van der Waals surface area contributed by atoms with Gasteiger partial charge in [-0.15, -0.1) is 0 Å². The summed E-state index contributed by atoms with van der Waals surface area (Å²) in [7, 11) is 0. The third-order valence-corrected chi connectivity index (χ3v) is 5.33. The minimum absolute atomic E-state index is 0.0988. The lowest BCUT2D eigenvalue weighted by atomic mass is 9.95. The van der Waals surface area contributed by atoms with Crippen molar-refractivity contribution in [2.45, 2.75) is 27.7 Å². The summed E-state index contributed by atoms with van der Waals surface area (Å²) in [6.45, 7) is 17.4. The second-order valence-corrected chi connectivity index (χ2v) is 8.73. The molecule has 0 fully saturated rings. The van der Waals surface area contributed by atoms with Crippen LogP contribution in [0.3, 0.4) is 0 Å². The predicted molar refractivity (Wildman–Crippen MR) is 143 cm³/mol. The third kappa shape index (κ3) is 6.70. The van der Waals surface area contributed by atoms with Crippen molar-refractivity contribution in [3.63, 3.8) is 0 Å². The van der Waals surface area contributed by atoms with E-state index in [1.54, 1.807) is 37.3 Å². The van der Waals surface area contributed by atoms with Gasteiger partial charge in [-0.2, -0.15) is 0 Å². The molecule has 0 aliphatic carbocycles. The Hall–Kier alpha value is -4.71. The normalized spacial score (nSPS) is 10.3. The van der Waals surface area contributed by atoms with E-state index in [1.807, 2.05) is 37.3 Å². The van der Waals surface area contributed by atoms with Crippen LogP contribution in [0.15, 0.2) is 97.1 Å². The van der Waals surface area contributed by atoms with E-state index in [4.69, 9.17) is 14.2 Å². The third-order valence-electron chi connectivity index (χ3n) is 5.33. The van der Waals surface area contributed by atoms with Gasteiger partial charge in [-0.3, -0.25) is 0 Å². The largest absolute Gasteiger partial charge is 0.423 e. The van der Waals surface area contributed by atoms with Crippen molar-refractivity contribution in [1.82, 2.24) is 0 Å². The van der Waals surface area contributed by atoms with Crippen molar-refractivity contribution in [3.8, 4) is 39.5 Å². The maximum atomic E-state index is 12.2. The highest BCUT2D eigenvalue weighted by Gasteiger charge is 2.17. The molecule has 0 N–H and O–H groups in total. The highest BCUT2D eigenvalue weighted by molar-refractivity contribution is 5.91. The molecule has 6 heteroatoms. The number of benzene rings is 3. The smallest absolute Gasteiger partial charge is 0.338 e. The molecule has 0 atom stereocenters. The summed E-state index contributed by atoms with van der Waals surface area (Å²) in [6.07, 6.45) is 0. The number of esters is 3. The Morgan fingerprint density at radius 2 is 1.03 bits per heavy atom. The predicted octanol–water partition coefficient (Wildman–Crippen LogP) is 6.77. The summed E-state index contributed by atoms with van der Waals surface area (Å²) in [5.41, 5.74) is 5.35. The number of hydrogen-bond acceptors (Lipinski definition) is 6. The zero-order valence-corrected chi connectivity index (χ0v) is 21.3. The number of rotatable bonds is 8. The van der Waals surface area contributed by atoms with Crippen LogP contribution in [0.1, 0.15) is 26.3 Å². The number of hydrogen-bond donors (Lipinski definition) is 0. The van der Waals surface area contributed by atoms with Crippen LogP contribution in [0.2, 0.25) is 0 Å². The van der Waals surface area contributed by atoms with Crippen LogP contribution in [-0.2, 0) is 14.4 Å². The number of ether oxygens (including phenoxy) is 3. The molecular formula is C31H28O6. The summed E-state index contributed by atoms with van der Waals surface area (Å²) < 4.78 is 16.0. The summed E-state index contributed by atoms with van der Waals surface area (Å²) in [4.78, 5) is 36.0. The maximum absolute atomic E-state index is 12.2. The molecule has 0 heterocycles. The van der Waals surface area contributed by atoms with Crippen LogP contribution >= 0.6 is 0 Å². The van der Waals surface area contributed by atoms with Gasteiger partial charge < -0.3 is 14.2 Å². The van der Waals surface area contributed by atoms with Crippen molar-refractivity contribution >= 4 is 17.9 Å². The summed E-state index contributed by atoms with van der Waals surface area (Å²) in [5.74, 6) is -1.08. The fourth-order valence-electron chi connectivity index (χ4n) is 3.29. The molecule has 0 bridgehead atoms. The first-order valence-corrected chi connectivity index (χ1v) is 11.4. The topological polar surface area (TPSA) is 78.9 Å². The number of carbonyl (C=O) groups excluding carboxylic acids is 3. The standard InChI is InChI=1S/C31H28O6/c1-18(2)29(32)35-25-12-8-22(9-13-25)26-14-10-23(16-21(26)7)24-11-15-27(36-30(33)19(3)4)28(17-24)37-31(34)20(5)6/h8-17H,1,3,5H2,2,4,6-7H3. The van der Waals surface area contributed by atoms with E-state index in [9.17, 15) is 14.4 Å². The Labute approximate surface area is 216 Å². The lowest BCUT2D eigenvalue weighted by Gasteiger charge is -2.14. The highest BCUT2D eigenvalue weighted by Crippen LogP contribution is 2.36. The van der Waals surface area contributed by atoms with Gasteiger partial charge in [-0.1, -0.05) is 56.1 Å². The molecule has 3 aromatic carbocycles. The molecule has 3 aromatic rings. The summed E-state index contributed by atoms with van der Waals surface area (Å²) in [6, 6.07) is 18.1. The van der Waals surface area contributed by atoms with E-state index in [-0.39, 0.29) is 22.6 Å². The van der Waals surface area contributed by atoms with Gasteiger partial charge in [-0.05, 0) is 79.8 Å². The average Bonchev–Trinajstić information content (AvgIpc) is 2.85. The van der Waals surface area contributed by atoms with Gasteiger partial charge in [0.05, 0.1) is 0 Å². The number of aryl methyl sites for hydroxylation is 1. The van der Waals surface area contributed by atoms with Crippen LogP contribution in [0.5, 0.6) is 17.2 Å². The Balaban J connectivity index is 1.91. The van der Waals surface area contributed by atoms with E-state index >= 15 is 0 Å². The summed E-state index contributed by atoms with van der Waals surface area (Å²) >= 11 is 0. The first-order valence-electron chi connectivity index (χ1n) is 11.4.